The second-order valence-electron chi connectivity index (χ2n) is 4.39. The number of aliphatic carboxylic acids is 1. The molecule has 1 fully saturated rings. The number of carbonyl (C=O) groups excluding carboxylic acids is 1. The largest absolute Gasteiger partial charge is 0.480 e. The van der Waals surface area contributed by atoms with Crippen molar-refractivity contribution >= 4 is 23.8 Å². The van der Waals surface area contributed by atoms with E-state index in [9.17, 15) is 9.59 Å². The summed E-state index contributed by atoms with van der Waals surface area (Å²) >= 11 is 1.47. The predicted molar refractivity (Wildman–Crippen MR) is 69.7 cm³/mol. The quantitative estimate of drug-likeness (QED) is 0.808. The lowest BCUT2D eigenvalue weighted by Crippen LogP contribution is -2.51. The van der Waals surface area contributed by atoms with Crippen molar-refractivity contribution in [3.63, 3.8) is 0 Å². The third-order valence-corrected chi connectivity index (χ3v) is 3.83. The summed E-state index contributed by atoms with van der Waals surface area (Å²) in [5.41, 5.74) is 0. The monoisotopic (exact) mass is 276 g/mol. The second kappa shape index (κ2) is 6.84. The van der Waals surface area contributed by atoms with Gasteiger partial charge in [-0.2, -0.15) is 0 Å². The molecule has 0 aromatic heterocycles. The average molecular weight is 276 g/mol. The number of hydrogen-bond acceptors (Lipinski definition) is 4. The minimum Gasteiger partial charge on any atom is -0.480 e. The van der Waals surface area contributed by atoms with Crippen LogP contribution in [0.2, 0.25) is 0 Å². The van der Waals surface area contributed by atoms with Gasteiger partial charge in [0.25, 0.3) is 0 Å². The van der Waals surface area contributed by atoms with Crippen LogP contribution in [0.3, 0.4) is 0 Å². The number of nitrogens with zero attached hydrogens (tertiary/aromatic N) is 2. The van der Waals surface area contributed by atoms with Gasteiger partial charge in [0.2, 0.25) is 0 Å². The molecular formula is C11H20N2O4S. The van der Waals surface area contributed by atoms with Crippen LogP contribution in [0.25, 0.3) is 0 Å². The van der Waals surface area contributed by atoms with Crippen molar-refractivity contribution in [3.8, 4) is 0 Å². The third-order valence-electron chi connectivity index (χ3n) is 2.82. The summed E-state index contributed by atoms with van der Waals surface area (Å²) in [5, 5.41) is 9.08. The Bertz CT molecular complexity index is 311. The fourth-order valence-electron chi connectivity index (χ4n) is 1.77. The van der Waals surface area contributed by atoms with E-state index in [-0.39, 0.29) is 12.1 Å². The van der Waals surface area contributed by atoms with Crippen molar-refractivity contribution in [2.24, 2.45) is 0 Å². The van der Waals surface area contributed by atoms with Gasteiger partial charge in [-0.05, 0) is 13.8 Å². The number of amides is 2. The fourth-order valence-corrected chi connectivity index (χ4v) is 2.90. The first kappa shape index (κ1) is 15.1. The van der Waals surface area contributed by atoms with Crippen molar-refractivity contribution < 1.29 is 19.4 Å². The molecule has 2 amide bonds. The van der Waals surface area contributed by atoms with Crippen molar-refractivity contribution in [1.29, 1.82) is 0 Å². The van der Waals surface area contributed by atoms with E-state index in [1.54, 1.807) is 12.0 Å². The highest BCUT2D eigenvalue weighted by atomic mass is 32.2. The molecule has 0 radical (unpaired) electrons. The Morgan fingerprint density at radius 3 is 2.72 bits per heavy atom. The Kier molecular flexibility index (Phi) is 5.74. The van der Waals surface area contributed by atoms with E-state index < -0.39 is 12.0 Å². The smallest absolute Gasteiger partial charge is 0.327 e. The van der Waals surface area contributed by atoms with E-state index in [2.05, 4.69) is 0 Å². The highest BCUT2D eigenvalue weighted by Crippen LogP contribution is 2.23. The Hall–Kier alpha value is -0.950. The zero-order chi connectivity index (χ0) is 13.7. The van der Waals surface area contributed by atoms with Crippen LogP contribution in [-0.2, 0) is 9.53 Å². The molecule has 1 heterocycles. The Labute approximate surface area is 111 Å². The van der Waals surface area contributed by atoms with Crippen LogP contribution in [0.4, 0.5) is 4.79 Å². The maximum absolute atomic E-state index is 12.3. The van der Waals surface area contributed by atoms with E-state index >= 15 is 0 Å². The molecule has 0 aliphatic carbocycles. The number of ether oxygens (including phenoxy) is 1. The first-order valence-electron chi connectivity index (χ1n) is 5.85. The Morgan fingerprint density at radius 2 is 2.22 bits per heavy atom. The van der Waals surface area contributed by atoms with Crippen molar-refractivity contribution in [3.05, 3.63) is 0 Å². The lowest BCUT2D eigenvalue weighted by atomic mass is 10.3. The highest BCUT2D eigenvalue weighted by Gasteiger charge is 2.37. The third kappa shape index (κ3) is 3.52. The maximum Gasteiger partial charge on any atom is 0.327 e. The van der Waals surface area contributed by atoms with Gasteiger partial charge in [0.15, 0.2) is 0 Å². The molecule has 0 bridgehead atoms. The maximum atomic E-state index is 12.3. The standard InChI is InChI=1S/C11H20N2O4S/c1-8(2)12(4-5-17-3)11(16)13-7-18-6-9(13)10(14)15/h8-9H,4-7H2,1-3H3,(H,14,15)/t9-/m0/s1. The van der Waals surface area contributed by atoms with E-state index in [0.717, 1.165) is 0 Å². The molecule has 0 spiro atoms. The predicted octanol–water partition coefficient (Wildman–Crippen LogP) is 0.923. The summed E-state index contributed by atoms with van der Waals surface area (Å²) in [4.78, 5) is 26.5. The Balaban J connectivity index is 2.72. The first-order valence-corrected chi connectivity index (χ1v) is 7.01. The summed E-state index contributed by atoms with van der Waals surface area (Å²) < 4.78 is 4.98. The summed E-state index contributed by atoms with van der Waals surface area (Å²) in [7, 11) is 1.58. The molecule has 1 rings (SSSR count). The number of thioether (sulfide) groups is 1. The lowest BCUT2D eigenvalue weighted by molar-refractivity contribution is -0.141. The van der Waals surface area contributed by atoms with E-state index in [4.69, 9.17) is 9.84 Å². The van der Waals surface area contributed by atoms with Gasteiger partial charge in [0, 0.05) is 25.4 Å². The van der Waals surface area contributed by atoms with Gasteiger partial charge in [-0.25, -0.2) is 9.59 Å². The SMILES string of the molecule is COCCN(C(=O)N1CSC[C@H]1C(=O)O)C(C)C. The van der Waals surface area contributed by atoms with Crippen LogP contribution >= 0.6 is 11.8 Å². The number of rotatable bonds is 5. The molecule has 18 heavy (non-hydrogen) atoms. The molecule has 1 saturated heterocycles. The molecule has 1 N–H and O–H groups in total. The molecule has 0 saturated carbocycles. The lowest BCUT2D eigenvalue weighted by Gasteiger charge is -2.32. The molecule has 104 valence electrons. The van der Waals surface area contributed by atoms with Crippen molar-refractivity contribution in [2.45, 2.75) is 25.9 Å². The molecule has 1 atom stereocenters. The van der Waals surface area contributed by atoms with Gasteiger partial charge in [-0.15, -0.1) is 11.8 Å². The summed E-state index contributed by atoms with van der Waals surface area (Å²) in [6.45, 7) is 4.74. The fraction of sp³-hybridized carbons (Fsp3) is 0.818. The zero-order valence-electron chi connectivity index (χ0n) is 11.0. The first-order chi connectivity index (χ1) is 8.49. The van der Waals surface area contributed by atoms with Crippen LogP contribution in [0.15, 0.2) is 0 Å². The topological polar surface area (TPSA) is 70.1 Å². The minimum atomic E-state index is -0.941. The van der Waals surface area contributed by atoms with Gasteiger partial charge < -0.3 is 19.6 Å². The number of carboxylic acid groups (broad SMARTS) is 1. The molecule has 0 unspecified atom stereocenters. The average Bonchev–Trinajstić information content (AvgIpc) is 2.77. The van der Waals surface area contributed by atoms with Crippen LogP contribution in [-0.4, -0.2) is 70.9 Å². The van der Waals surface area contributed by atoms with Crippen LogP contribution < -0.4 is 0 Å². The summed E-state index contributed by atoms with van der Waals surface area (Å²) in [6.07, 6.45) is 0. The van der Waals surface area contributed by atoms with Gasteiger partial charge >= 0.3 is 12.0 Å². The summed E-state index contributed by atoms with van der Waals surface area (Å²) in [6, 6.07) is -0.918. The van der Waals surface area contributed by atoms with E-state index in [1.807, 2.05) is 13.8 Å². The second-order valence-corrected chi connectivity index (χ2v) is 5.39. The highest BCUT2D eigenvalue weighted by molar-refractivity contribution is 7.99. The molecule has 0 aromatic carbocycles. The zero-order valence-corrected chi connectivity index (χ0v) is 11.8. The molecular weight excluding hydrogens is 256 g/mol. The number of methoxy groups -OCH3 is 1. The van der Waals surface area contributed by atoms with Gasteiger partial charge in [0.1, 0.15) is 6.04 Å². The van der Waals surface area contributed by atoms with Gasteiger partial charge in [-0.1, -0.05) is 0 Å². The number of hydrogen-bond donors (Lipinski definition) is 1. The van der Waals surface area contributed by atoms with Crippen LogP contribution in [0.1, 0.15) is 13.8 Å². The van der Waals surface area contributed by atoms with E-state index in [1.165, 1.54) is 16.7 Å². The van der Waals surface area contributed by atoms with Crippen LogP contribution in [0.5, 0.6) is 0 Å². The number of carboxylic acids is 1. The van der Waals surface area contributed by atoms with Gasteiger partial charge in [-0.3, -0.25) is 0 Å². The molecule has 6 nitrogen and oxygen atoms in total. The van der Waals surface area contributed by atoms with Crippen molar-refractivity contribution in [2.75, 3.05) is 31.9 Å². The molecule has 1 aliphatic rings. The summed E-state index contributed by atoms with van der Waals surface area (Å²) in [5.74, 6) is -0.0488. The number of urea groups is 1. The van der Waals surface area contributed by atoms with Crippen molar-refractivity contribution in [1.82, 2.24) is 9.80 Å². The Morgan fingerprint density at radius 1 is 1.56 bits per heavy atom. The van der Waals surface area contributed by atoms with E-state index in [0.29, 0.717) is 24.8 Å². The normalized spacial score (nSPS) is 19.3. The van der Waals surface area contributed by atoms with Crippen LogP contribution in [0, 0.1) is 0 Å². The minimum absolute atomic E-state index is 0.0210. The number of carbonyl (C=O) groups is 2. The molecule has 1 aliphatic heterocycles. The molecule has 0 aromatic rings. The van der Waals surface area contributed by atoms with Gasteiger partial charge in [0.05, 0.1) is 12.5 Å². The molecule has 7 heteroatoms.